The molecule has 0 bridgehead atoms. The quantitative estimate of drug-likeness (QED) is 0.708. The lowest BCUT2D eigenvalue weighted by Gasteiger charge is -2.21. The Morgan fingerprint density at radius 1 is 1.12 bits per heavy atom. The fourth-order valence-corrected chi connectivity index (χ4v) is 5.10. The summed E-state index contributed by atoms with van der Waals surface area (Å²) in [5.41, 5.74) is 3.56. The Bertz CT molecular complexity index is 833. The Kier molecular flexibility index (Phi) is 5.07. The van der Waals surface area contributed by atoms with Gasteiger partial charge in [0.25, 0.3) is 5.91 Å². The van der Waals surface area contributed by atoms with E-state index in [9.17, 15) is 4.79 Å². The van der Waals surface area contributed by atoms with Crippen molar-refractivity contribution in [1.29, 1.82) is 0 Å². The Labute approximate surface area is 159 Å². The Balaban J connectivity index is 1.55. The molecule has 0 aliphatic heterocycles. The van der Waals surface area contributed by atoms with E-state index in [0.717, 1.165) is 23.4 Å². The lowest BCUT2D eigenvalue weighted by atomic mass is 9.84. The van der Waals surface area contributed by atoms with E-state index in [1.54, 1.807) is 11.3 Å². The summed E-state index contributed by atoms with van der Waals surface area (Å²) in [5, 5.41) is 5.17. The van der Waals surface area contributed by atoms with Gasteiger partial charge in [-0.3, -0.25) is 4.79 Å². The predicted molar refractivity (Wildman–Crippen MR) is 109 cm³/mol. The fourth-order valence-electron chi connectivity index (χ4n) is 4.24. The van der Waals surface area contributed by atoms with Crippen LogP contribution in [0.25, 0.3) is 0 Å². The highest BCUT2D eigenvalue weighted by Gasteiger charge is 2.33. The SMILES string of the molecule is CC1C=CC(NC(=O)c2sccc2C2CCCC2c2ccccc2)=CC1. The van der Waals surface area contributed by atoms with E-state index in [4.69, 9.17) is 0 Å². The fraction of sp³-hybridized carbons (Fsp3) is 0.348. The third-order valence-corrected chi connectivity index (χ3v) is 6.55. The first-order chi connectivity index (χ1) is 12.7. The number of carbonyl (C=O) groups excluding carboxylic acids is 1. The number of hydrogen-bond acceptors (Lipinski definition) is 2. The zero-order chi connectivity index (χ0) is 17.9. The molecule has 1 amide bonds. The average molecular weight is 364 g/mol. The molecule has 1 aromatic carbocycles. The summed E-state index contributed by atoms with van der Waals surface area (Å²) in [7, 11) is 0. The van der Waals surface area contributed by atoms with E-state index in [1.807, 2.05) is 6.08 Å². The molecule has 134 valence electrons. The molecule has 0 spiro atoms. The van der Waals surface area contributed by atoms with Crippen molar-refractivity contribution in [2.45, 2.75) is 44.4 Å². The predicted octanol–water partition coefficient (Wildman–Crippen LogP) is 6.01. The van der Waals surface area contributed by atoms with Crippen LogP contribution in [0.1, 0.15) is 65.2 Å². The first kappa shape index (κ1) is 17.3. The highest BCUT2D eigenvalue weighted by atomic mass is 32.1. The van der Waals surface area contributed by atoms with Gasteiger partial charge in [-0.15, -0.1) is 11.3 Å². The van der Waals surface area contributed by atoms with Crippen molar-refractivity contribution in [2.24, 2.45) is 5.92 Å². The van der Waals surface area contributed by atoms with Crippen molar-refractivity contribution < 1.29 is 4.79 Å². The third-order valence-electron chi connectivity index (χ3n) is 5.62. The largest absolute Gasteiger partial charge is 0.322 e. The molecule has 26 heavy (non-hydrogen) atoms. The molecule has 1 N–H and O–H groups in total. The van der Waals surface area contributed by atoms with Crippen molar-refractivity contribution in [3.05, 3.63) is 81.7 Å². The minimum atomic E-state index is 0.0409. The molecule has 2 nitrogen and oxygen atoms in total. The van der Waals surface area contributed by atoms with Crippen LogP contribution >= 0.6 is 11.3 Å². The summed E-state index contributed by atoms with van der Waals surface area (Å²) >= 11 is 1.57. The van der Waals surface area contributed by atoms with Gasteiger partial charge in [-0.1, -0.05) is 55.8 Å². The number of thiophene rings is 1. The maximum atomic E-state index is 12.9. The summed E-state index contributed by atoms with van der Waals surface area (Å²) in [4.78, 5) is 13.8. The number of rotatable bonds is 4. The summed E-state index contributed by atoms with van der Waals surface area (Å²) in [5.74, 6) is 1.56. The first-order valence-electron chi connectivity index (χ1n) is 9.54. The van der Waals surface area contributed by atoms with E-state index in [-0.39, 0.29) is 5.91 Å². The van der Waals surface area contributed by atoms with Gasteiger partial charge in [0, 0.05) is 5.70 Å². The Morgan fingerprint density at radius 3 is 2.69 bits per heavy atom. The molecule has 2 aromatic rings. The molecule has 3 unspecified atom stereocenters. The highest BCUT2D eigenvalue weighted by Crippen LogP contribution is 2.47. The van der Waals surface area contributed by atoms with Gasteiger partial charge in [0.15, 0.2) is 0 Å². The lowest BCUT2D eigenvalue weighted by molar-refractivity contribution is 0.0969. The second-order valence-electron chi connectivity index (χ2n) is 7.45. The van der Waals surface area contributed by atoms with Gasteiger partial charge < -0.3 is 5.32 Å². The molecule has 1 fully saturated rings. The first-order valence-corrected chi connectivity index (χ1v) is 10.4. The number of nitrogens with one attached hydrogen (secondary N) is 1. The molecule has 1 aromatic heterocycles. The normalized spacial score (nSPS) is 25.1. The lowest BCUT2D eigenvalue weighted by Crippen LogP contribution is -2.23. The molecule has 0 radical (unpaired) electrons. The monoisotopic (exact) mass is 363 g/mol. The minimum Gasteiger partial charge on any atom is -0.322 e. The second-order valence-corrected chi connectivity index (χ2v) is 8.36. The van der Waals surface area contributed by atoms with Crippen LogP contribution in [-0.2, 0) is 0 Å². The average Bonchev–Trinajstić information content (AvgIpc) is 3.33. The van der Waals surface area contributed by atoms with E-state index in [2.05, 4.69) is 66.2 Å². The molecular weight excluding hydrogens is 338 g/mol. The van der Waals surface area contributed by atoms with Crippen LogP contribution < -0.4 is 5.32 Å². The van der Waals surface area contributed by atoms with Crippen LogP contribution in [0.15, 0.2) is 65.7 Å². The molecule has 0 saturated heterocycles. The zero-order valence-electron chi connectivity index (χ0n) is 15.2. The Hall–Kier alpha value is -2.13. The topological polar surface area (TPSA) is 29.1 Å². The van der Waals surface area contributed by atoms with Crippen LogP contribution in [0.2, 0.25) is 0 Å². The minimum absolute atomic E-state index is 0.0409. The molecule has 2 aliphatic carbocycles. The maximum Gasteiger partial charge on any atom is 0.266 e. The van der Waals surface area contributed by atoms with E-state index < -0.39 is 0 Å². The summed E-state index contributed by atoms with van der Waals surface area (Å²) in [6.45, 7) is 2.19. The zero-order valence-corrected chi connectivity index (χ0v) is 16.0. The second kappa shape index (κ2) is 7.63. The van der Waals surface area contributed by atoms with Gasteiger partial charge in [0.05, 0.1) is 4.88 Å². The summed E-state index contributed by atoms with van der Waals surface area (Å²) in [6.07, 6.45) is 10.9. The number of allylic oxidation sites excluding steroid dienone is 3. The van der Waals surface area contributed by atoms with Crippen molar-refractivity contribution in [1.82, 2.24) is 5.32 Å². The maximum absolute atomic E-state index is 12.9. The molecule has 3 heteroatoms. The van der Waals surface area contributed by atoms with E-state index >= 15 is 0 Å². The van der Waals surface area contributed by atoms with Crippen molar-refractivity contribution in [2.75, 3.05) is 0 Å². The van der Waals surface area contributed by atoms with Crippen molar-refractivity contribution in [3.8, 4) is 0 Å². The van der Waals surface area contributed by atoms with Crippen LogP contribution in [0.3, 0.4) is 0 Å². The molecule has 1 heterocycles. The summed E-state index contributed by atoms with van der Waals surface area (Å²) in [6, 6.07) is 12.9. The van der Waals surface area contributed by atoms with Gasteiger partial charge >= 0.3 is 0 Å². The number of benzene rings is 1. The molecule has 1 saturated carbocycles. The van der Waals surface area contributed by atoms with E-state index in [1.165, 1.54) is 24.0 Å². The van der Waals surface area contributed by atoms with Crippen LogP contribution in [-0.4, -0.2) is 5.91 Å². The van der Waals surface area contributed by atoms with Crippen LogP contribution in [0.5, 0.6) is 0 Å². The molecule has 4 rings (SSSR count). The molecule has 3 atom stereocenters. The highest BCUT2D eigenvalue weighted by molar-refractivity contribution is 7.12. The third kappa shape index (κ3) is 3.54. The number of hydrogen-bond donors (Lipinski definition) is 1. The van der Waals surface area contributed by atoms with Gasteiger partial charge in [0.1, 0.15) is 0 Å². The van der Waals surface area contributed by atoms with Crippen LogP contribution in [0.4, 0.5) is 0 Å². The van der Waals surface area contributed by atoms with Crippen molar-refractivity contribution in [3.63, 3.8) is 0 Å². The number of amides is 1. The number of carbonyl (C=O) groups is 1. The standard InChI is InChI=1S/C23H25NOS/c1-16-10-12-18(13-11-16)24-23(25)22-21(14-15-26-22)20-9-5-8-19(20)17-6-3-2-4-7-17/h2-4,6-7,10,12-16,19-20H,5,8-9,11H2,1H3,(H,24,25). The molecule has 2 aliphatic rings. The molecular formula is C23H25NOS. The van der Waals surface area contributed by atoms with Crippen molar-refractivity contribution >= 4 is 17.2 Å². The Morgan fingerprint density at radius 2 is 1.92 bits per heavy atom. The van der Waals surface area contributed by atoms with E-state index in [0.29, 0.717) is 17.8 Å². The van der Waals surface area contributed by atoms with Gasteiger partial charge in [0.2, 0.25) is 0 Å². The van der Waals surface area contributed by atoms with Gasteiger partial charge in [-0.05, 0) is 65.7 Å². The smallest absolute Gasteiger partial charge is 0.266 e. The van der Waals surface area contributed by atoms with Gasteiger partial charge in [-0.2, -0.15) is 0 Å². The van der Waals surface area contributed by atoms with Gasteiger partial charge in [-0.25, -0.2) is 0 Å². The summed E-state index contributed by atoms with van der Waals surface area (Å²) < 4.78 is 0. The van der Waals surface area contributed by atoms with Crippen LogP contribution in [0, 0.1) is 5.92 Å².